The minimum Gasteiger partial charge on any atom is -0.289 e. The van der Waals surface area contributed by atoms with Crippen molar-refractivity contribution in [3.05, 3.63) is 77.4 Å². The summed E-state index contributed by atoms with van der Waals surface area (Å²) in [6, 6.07) is 17.7. The van der Waals surface area contributed by atoms with Crippen LogP contribution in [0.5, 0.6) is 0 Å². The number of hydrogen-bond donors (Lipinski definition) is 0. The highest BCUT2D eigenvalue weighted by Gasteiger charge is 2.20. The van der Waals surface area contributed by atoms with Crippen LogP contribution in [0, 0.1) is 0 Å². The van der Waals surface area contributed by atoms with E-state index < -0.39 is 0 Å². The number of Topliss-reactive ketones (excluding diaryl/α,β-unsaturated/α-hetero) is 1. The van der Waals surface area contributed by atoms with Crippen molar-refractivity contribution >= 4 is 11.4 Å². The molecule has 0 bridgehead atoms. The summed E-state index contributed by atoms with van der Waals surface area (Å²) in [4.78, 5) is 12.3. The first-order valence-electron chi connectivity index (χ1n) is 5.74. The predicted molar refractivity (Wildman–Crippen MR) is 68.9 cm³/mol. The molecule has 82 valence electrons. The number of benzene rings is 2. The van der Waals surface area contributed by atoms with Gasteiger partial charge in [-0.15, -0.1) is 0 Å². The number of carbonyl (C=O) groups is 1. The van der Waals surface area contributed by atoms with E-state index in [-0.39, 0.29) is 5.78 Å². The molecule has 1 nitrogen and oxygen atoms in total. The van der Waals surface area contributed by atoms with E-state index in [4.69, 9.17) is 0 Å². The summed E-state index contributed by atoms with van der Waals surface area (Å²) >= 11 is 0. The Morgan fingerprint density at radius 1 is 0.824 bits per heavy atom. The highest BCUT2D eigenvalue weighted by Crippen LogP contribution is 2.27. The zero-order valence-electron chi connectivity index (χ0n) is 9.39. The van der Waals surface area contributed by atoms with E-state index in [2.05, 4.69) is 0 Å². The number of carbonyl (C=O) groups excluding carboxylic acids is 1. The first-order valence-corrected chi connectivity index (χ1v) is 5.74. The van der Waals surface area contributed by atoms with E-state index in [0.717, 1.165) is 28.7 Å². The quantitative estimate of drug-likeness (QED) is 0.718. The Morgan fingerprint density at radius 2 is 1.53 bits per heavy atom. The molecule has 0 aliphatic heterocycles. The maximum absolute atomic E-state index is 12.3. The van der Waals surface area contributed by atoms with Crippen molar-refractivity contribution in [3.63, 3.8) is 0 Å². The van der Waals surface area contributed by atoms with Crippen LogP contribution in [-0.4, -0.2) is 5.78 Å². The molecule has 3 rings (SSSR count). The maximum atomic E-state index is 12.3. The van der Waals surface area contributed by atoms with Crippen LogP contribution in [0.15, 0.2) is 60.7 Å². The van der Waals surface area contributed by atoms with Gasteiger partial charge in [-0.05, 0) is 17.5 Å². The number of rotatable bonds is 1. The Morgan fingerprint density at radius 3 is 2.35 bits per heavy atom. The molecule has 0 amide bonds. The third kappa shape index (κ3) is 1.70. The molecule has 1 aliphatic carbocycles. The molecule has 0 atom stereocenters. The highest BCUT2D eigenvalue weighted by atomic mass is 16.1. The molecule has 0 saturated heterocycles. The molecule has 0 heterocycles. The molecule has 0 fully saturated rings. The zero-order valence-corrected chi connectivity index (χ0v) is 9.39. The molecule has 0 unspecified atom stereocenters. The van der Waals surface area contributed by atoms with Gasteiger partial charge in [0.25, 0.3) is 0 Å². The van der Waals surface area contributed by atoms with Gasteiger partial charge in [-0.3, -0.25) is 4.79 Å². The Hall–Kier alpha value is -2.15. The molecular formula is C16H12O. The van der Waals surface area contributed by atoms with Gasteiger partial charge in [0.2, 0.25) is 0 Å². The standard InChI is InChI=1S/C16H12O/c17-16-14-9-5-4-8-13(14)10-11-15(16)12-6-2-1-3-7-12/h1-9,11H,10H2. The lowest BCUT2D eigenvalue weighted by Gasteiger charge is -2.15. The van der Waals surface area contributed by atoms with E-state index in [1.165, 1.54) is 0 Å². The van der Waals surface area contributed by atoms with Gasteiger partial charge in [-0.2, -0.15) is 0 Å². The summed E-state index contributed by atoms with van der Waals surface area (Å²) < 4.78 is 0. The minimum absolute atomic E-state index is 0.137. The second-order valence-corrected chi connectivity index (χ2v) is 4.17. The van der Waals surface area contributed by atoms with Gasteiger partial charge in [0.05, 0.1) is 0 Å². The number of allylic oxidation sites excluding steroid dienone is 2. The Labute approximate surface area is 100 Å². The lowest BCUT2D eigenvalue weighted by molar-refractivity contribution is 0.105. The van der Waals surface area contributed by atoms with Crippen LogP contribution in [0.1, 0.15) is 21.5 Å². The third-order valence-corrected chi connectivity index (χ3v) is 3.12. The third-order valence-electron chi connectivity index (χ3n) is 3.12. The van der Waals surface area contributed by atoms with Crippen molar-refractivity contribution in [1.29, 1.82) is 0 Å². The van der Waals surface area contributed by atoms with E-state index in [0.29, 0.717) is 0 Å². The Kier molecular flexibility index (Phi) is 2.37. The maximum Gasteiger partial charge on any atom is 0.193 e. The van der Waals surface area contributed by atoms with Crippen molar-refractivity contribution in [2.75, 3.05) is 0 Å². The topological polar surface area (TPSA) is 17.1 Å². The summed E-state index contributed by atoms with van der Waals surface area (Å²) in [6.07, 6.45) is 2.87. The van der Waals surface area contributed by atoms with Gasteiger partial charge < -0.3 is 0 Å². The summed E-state index contributed by atoms with van der Waals surface area (Å²) in [7, 11) is 0. The molecule has 2 aromatic rings. The lowest BCUT2D eigenvalue weighted by Crippen LogP contribution is -2.11. The van der Waals surface area contributed by atoms with Gasteiger partial charge in [0.15, 0.2) is 5.78 Å². The SMILES string of the molecule is O=C1C(c2ccccc2)=CCc2ccccc21. The summed E-state index contributed by atoms with van der Waals surface area (Å²) in [5, 5.41) is 0. The molecule has 17 heavy (non-hydrogen) atoms. The average molecular weight is 220 g/mol. The molecule has 2 aromatic carbocycles. The smallest absolute Gasteiger partial charge is 0.193 e. The summed E-state index contributed by atoms with van der Waals surface area (Å²) in [5.41, 5.74) is 3.79. The number of hydrogen-bond acceptors (Lipinski definition) is 1. The second-order valence-electron chi connectivity index (χ2n) is 4.17. The van der Waals surface area contributed by atoms with Crippen molar-refractivity contribution in [2.24, 2.45) is 0 Å². The monoisotopic (exact) mass is 220 g/mol. The van der Waals surface area contributed by atoms with E-state index >= 15 is 0 Å². The van der Waals surface area contributed by atoms with Gasteiger partial charge >= 0.3 is 0 Å². The van der Waals surface area contributed by atoms with Crippen molar-refractivity contribution < 1.29 is 4.79 Å². The van der Waals surface area contributed by atoms with Crippen LogP contribution >= 0.6 is 0 Å². The first-order chi connectivity index (χ1) is 8.36. The van der Waals surface area contributed by atoms with E-state index in [1.807, 2.05) is 60.7 Å². The van der Waals surface area contributed by atoms with Crippen LogP contribution in [0.25, 0.3) is 5.57 Å². The average Bonchev–Trinajstić information content (AvgIpc) is 2.40. The number of fused-ring (bicyclic) bond motifs is 1. The molecule has 1 aliphatic rings. The lowest BCUT2D eigenvalue weighted by atomic mass is 9.87. The fourth-order valence-corrected chi connectivity index (χ4v) is 2.24. The first kappa shape index (κ1) is 10.0. The fraction of sp³-hybridized carbons (Fsp3) is 0.0625. The summed E-state index contributed by atoms with van der Waals surface area (Å²) in [6.45, 7) is 0. The Balaban J connectivity index is 2.07. The normalized spacial score (nSPS) is 14.1. The molecule has 0 aromatic heterocycles. The van der Waals surface area contributed by atoms with E-state index in [1.54, 1.807) is 0 Å². The summed E-state index contributed by atoms with van der Waals surface area (Å²) in [5.74, 6) is 0.137. The van der Waals surface area contributed by atoms with Gasteiger partial charge in [-0.25, -0.2) is 0 Å². The van der Waals surface area contributed by atoms with Gasteiger partial charge in [0, 0.05) is 11.1 Å². The molecule has 0 N–H and O–H groups in total. The molecule has 0 saturated carbocycles. The molecule has 0 radical (unpaired) electrons. The Bertz CT molecular complexity index is 594. The molecule has 1 heteroatoms. The number of ketones is 1. The molecular weight excluding hydrogens is 208 g/mol. The van der Waals surface area contributed by atoms with E-state index in [9.17, 15) is 4.79 Å². The largest absolute Gasteiger partial charge is 0.289 e. The van der Waals surface area contributed by atoms with Crippen LogP contribution in [0.2, 0.25) is 0 Å². The highest BCUT2D eigenvalue weighted by molar-refractivity contribution is 6.30. The fourth-order valence-electron chi connectivity index (χ4n) is 2.24. The minimum atomic E-state index is 0.137. The van der Waals surface area contributed by atoms with Crippen LogP contribution in [-0.2, 0) is 6.42 Å². The van der Waals surface area contributed by atoms with Gasteiger partial charge in [-0.1, -0.05) is 60.7 Å². The van der Waals surface area contributed by atoms with Crippen LogP contribution < -0.4 is 0 Å². The molecule has 0 spiro atoms. The van der Waals surface area contributed by atoms with Crippen molar-refractivity contribution in [2.45, 2.75) is 6.42 Å². The van der Waals surface area contributed by atoms with Crippen molar-refractivity contribution in [1.82, 2.24) is 0 Å². The zero-order chi connectivity index (χ0) is 11.7. The van der Waals surface area contributed by atoms with Crippen LogP contribution in [0.3, 0.4) is 0 Å². The predicted octanol–water partition coefficient (Wildman–Crippen LogP) is 3.51. The van der Waals surface area contributed by atoms with Crippen LogP contribution in [0.4, 0.5) is 0 Å². The van der Waals surface area contributed by atoms with Crippen molar-refractivity contribution in [3.8, 4) is 0 Å². The van der Waals surface area contributed by atoms with Gasteiger partial charge in [0.1, 0.15) is 0 Å². The second kappa shape index (κ2) is 4.02.